The second-order valence-electron chi connectivity index (χ2n) is 8.41. The molecule has 0 unspecified atom stereocenters. The van der Waals surface area contributed by atoms with Crippen molar-refractivity contribution in [3.05, 3.63) is 52.7 Å². The zero-order valence-corrected chi connectivity index (χ0v) is 19.9. The van der Waals surface area contributed by atoms with Crippen molar-refractivity contribution in [3.8, 4) is 10.7 Å². The zero-order chi connectivity index (χ0) is 22.5. The topological polar surface area (TPSA) is 75.5 Å². The molecule has 2 aromatic heterocycles. The van der Waals surface area contributed by atoms with Gasteiger partial charge in [-0.05, 0) is 50.3 Å². The van der Waals surface area contributed by atoms with E-state index in [1.807, 2.05) is 43.1 Å². The first kappa shape index (κ1) is 21.2. The van der Waals surface area contributed by atoms with Crippen LogP contribution in [0.1, 0.15) is 40.2 Å². The first-order valence-electron chi connectivity index (χ1n) is 10.9. The van der Waals surface area contributed by atoms with Crippen LogP contribution < -0.4 is 4.31 Å². The Kier molecular flexibility index (Phi) is 5.33. The molecular weight excluding hydrogens is 444 g/mol. The van der Waals surface area contributed by atoms with Crippen molar-refractivity contribution in [2.45, 2.75) is 37.5 Å². The minimum Gasteiger partial charge on any atom is -0.347 e. The fourth-order valence-corrected chi connectivity index (χ4v) is 7.24. The summed E-state index contributed by atoms with van der Waals surface area (Å²) in [4.78, 5) is 20.2. The second-order valence-corrected chi connectivity index (χ2v) is 11.3. The number of carbonyl (C=O) groups excluding carboxylic acids is 1. The molecule has 1 amide bonds. The summed E-state index contributed by atoms with van der Waals surface area (Å²) >= 11 is 1.34. The Hall–Kier alpha value is -2.65. The smallest absolute Gasteiger partial charge is 0.265 e. The number of thiazole rings is 1. The third-order valence-corrected chi connectivity index (χ3v) is 9.19. The fraction of sp³-hybridized carbons (Fsp3) is 0.391. The first-order valence-corrected chi connectivity index (χ1v) is 13.2. The van der Waals surface area contributed by atoms with Gasteiger partial charge in [-0.25, -0.2) is 13.4 Å². The summed E-state index contributed by atoms with van der Waals surface area (Å²) in [6, 6.07) is 9.36. The largest absolute Gasteiger partial charge is 0.347 e. The van der Waals surface area contributed by atoms with Gasteiger partial charge in [-0.2, -0.15) is 0 Å². The molecule has 0 N–H and O–H groups in total. The van der Waals surface area contributed by atoms with E-state index in [4.69, 9.17) is 0 Å². The summed E-state index contributed by atoms with van der Waals surface area (Å²) in [6.45, 7) is 3.88. The molecule has 5 rings (SSSR count). The predicted molar refractivity (Wildman–Crippen MR) is 126 cm³/mol. The van der Waals surface area contributed by atoms with Crippen LogP contribution in [0.3, 0.4) is 0 Å². The van der Waals surface area contributed by atoms with Gasteiger partial charge in [0.05, 0.1) is 17.1 Å². The number of anilines is 1. The van der Waals surface area contributed by atoms with Crippen LogP contribution in [-0.4, -0.2) is 48.4 Å². The maximum absolute atomic E-state index is 13.5. The molecule has 0 bridgehead atoms. The summed E-state index contributed by atoms with van der Waals surface area (Å²) in [6.07, 6.45) is 5.39. The highest BCUT2D eigenvalue weighted by Crippen LogP contribution is 2.35. The van der Waals surface area contributed by atoms with Crippen molar-refractivity contribution in [3.63, 3.8) is 0 Å². The monoisotopic (exact) mass is 470 g/mol. The third-order valence-electron chi connectivity index (χ3n) is 6.24. The van der Waals surface area contributed by atoms with Gasteiger partial charge in [0, 0.05) is 32.9 Å². The number of hydrogen-bond donors (Lipinski definition) is 0. The molecule has 0 spiro atoms. The van der Waals surface area contributed by atoms with Gasteiger partial charge in [0.1, 0.15) is 14.8 Å². The number of aryl methyl sites for hydroxylation is 3. The Labute approximate surface area is 192 Å². The predicted octanol–water partition coefficient (Wildman–Crippen LogP) is 3.83. The number of likely N-dealkylation sites (tertiary alicyclic amines) is 1. The number of para-hydroxylation sites is 1. The lowest BCUT2D eigenvalue weighted by atomic mass is 10.0. The van der Waals surface area contributed by atoms with Crippen LogP contribution in [0.15, 0.2) is 41.4 Å². The van der Waals surface area contributed by atoms with Gasteiger partial charge in [0.25, 0.3) is 15.9 Å². The molecule has 0 saturated carbocycles. The summed E-state index contributed by atoms with van der Waals surface area (Å²) in [5.41, 5.74) is 3.20. The van der Waals surface area contributed by atoms with Crippen molar-refractivity contribution >= 4 is 33.0 Å². The van der Waals surface area contributed by atoms with Crippen LogP contribution in [0.5, 0.6) is 0 Å². The zero-order valence-electron chi connectivity index (χ0n) is 18.2. The molecule has 9 heteroatoms. The van der Waals surface area contributed by atoms with E-state index >= 15 is 0 Å². The van der Waals surface area contributed by atoms with E-state index in [-0.39, 0.29) is 10.8 Å². The molecule has 1 saturated heterocycles. The lowest BCUT2D eigenvalue weighted by Gasteiger charge is -2.30. The van der Waals surface area contributed by atoms with Crippen molar-refractivity contribution in [2.75, 3.05) is 23.9 Å². The van der Waals surface area contributed by atoms with Crippen molar-refractivity contribution < 1.29 is 13.2 Å². The number of aromatic nitrogens is 2. The second kappa shape index (κ2) is 8.04. The minimum absolute atomic E-state index is 0.0238. The van der Waals surface area contributed by atoms with Gasteiger partial charge < -0.3 is 9.47 Å². The molecule has 1 aromatic carbocycles. The molecule has 0 radical (unpaired) electrons. The van der Waals surface area contributed by atoms with E-state index in [0.29, 0.717) is 27.8 Å². The number of hydrogen-bond acceptors (Lipinski definition) is 5. The van der Waals surface area contributed by atoms with E-state index in [0.717, 1.165) is 50.0 Å². The van der Waals surface area contributed by atoms with Crippen molar-refractivity contribution in [1.82, 2.24) is 14.5 Å². The maximum atomic E-state index is 13.5. The van der Waals surface area contributed by atoms with Crippen LogP contribution in [0.2, 0.25) is 0 Å². The van der Waals surface area contributed by atoms with E-state index in [1.54, 1.807) is 16.8 Å². The Morgan fingerprint density at radius 3 is 2.62 bits per heavy atom. The average Bonchev–Trinajstić information content (AvgIpc) is 3.53. The van der Waals surface area contributed by atoms with Crippen LogP contribution in [-0.2, 0) is 23.5 Å². The lowest BCUT2D eigenvalue weighted by molar-refractivity contribution is 0.0796. The number of benzene rings is 1. The normalized spacial score (nSPS) is 16.4. The Morgan fingerprint density at radius 1 is 1.09 bits per heavy atom. The van der Waals surface area contributed by atoms with E-state index in [2.05, 4.69) is 4.98 Å². The summed E-state index contributed by atoms with van der Waals surface area (Å²) < 4.78 is 30.4. The maximum Gasteiger partial charge on any atom is 0.265 e. The number of amides is 1. The molecule has 32 heavy (non-hydrogen) atoms. The molecule has 3 aromatic rings. The molecule has 168 valence electrons. The number of nitrogens with zero attached hydrogens (tertiary/aromatic N) is 4. The SMILES string of the molecule is Cc1nc(-c2cc(S(=O)(=O)N3CCCc4ccccc43)cn2C)sc1C(=O)N1CCCC1. The van der Waals surface area contributed by atoms with Gasteiger partial charge in [-0.15, -0.1) is 11.3 Å². The molecule has 2 aliphatic rings. The molecule has 7 nitrogen and oxygen atoms in total. The van der Waals surface area contributed by atoms with Crippen LogP contribution in [0.25, 0.3) is 10.7 Å². The Balaban J connectivity index is 1.49. The lowest BCUT2D eigenvalue weighted by Crippen LogP contribution is -2.35. The number of rotatable bonds is 4. The standard InChI is InChI=1S/C23H26N4O3S2/c1-16-21(23(28)26-11-5-6-12-26)31-22(24-16)20-14-18(15-25(20)2)32(29,30)27-13-7-9-17-8-3-4-10-19(17)27/h3-4,8,10,14-15H,5-7,9,11-13H2,1-2H3. The fourth-order valence-electron chi connectivity index (χ4n) is 4.53. The molecule has 0 aliphatic carbocycles. The Bertz CT molecular complexity index is 1290. The van der Waals surface area contributed by atoms with Gasteiger partial charge in [0.15, 0.2) is 0 Å². The van der Waals surface area contributed by atoms with Gasteiger partial charge >= 0.3 is 0 Å². The third kappa shape index (κ3) is 3.53. The summed E-state index contributed by atoms with van der Waals surface area (Å²) in [5, 5.41) is 0.660. The number of fused-ring (bicyclic) bond motifs is 1. The highest BCUT2D eigenvalue weighted by molar-refractivity contribution is 7.92. The summed E-state index contributed by atoms with van der Waals surface area (Å²) in [5.74, 6) is 0.0238. The molecule has 1 fully saturated rings. The van der Waals surface area contributed by atoms with E-state index in [9.17, 15) is 13.2 Å². The highest BCUT2D eigenvalue weighted by atomic mass is 32.2. The minimum atomic E-state index is -3.70. The first-order chi connectivity index (χ1) is 15.4. The number of sulfonamides is 1. The summed E-state index contributed by atoms with van der Waals surface area (Å²) in [7, 11) is -1.89. The van der Waals surface area contributed by atoms with Gasteiger partial charge in [-0.1, -0.05) is 18.2 Å². The number of carbonyl (C=O) groups is 1. The van der Waals surface area contributed by atoms with Crippen molar-refractivity contribution in [2.24, 2.45) is 7.05 Å². The van der Waals surface area contributed by atoms with E-state index in [1.165, 1.54) is 15.6 Å². The highest BCUT2D eigenvalue weighted by Gasteiger charge is 2.31. The molecule has 4 heterocycles. The van der Waals surface area contributed by atoms with Gasteiger partial charge in [-0.3, -0.25) is 9.10 Å². The van der Waals surface area contributed by atoms with Gasteiger partial charge in [0.2, 0.25) is 0 Å². The molecule has 2 aliphatic heterocycles. The molecule has 0 atom stereocenters. The molecular formula is C23H26N4O3S2. The van der Waals surface area contributed by atoms with Crippen LogP contribution in [0.4, 0.5) is 5.69 Å². The average molecular weight is 471 g/mol. The van der Waals surface area contributed by atoms with Crippen LogP contribution >= 0.6 is 11.3 Å². The quantitative estimate of drug-likeness (QED) is 0.581. The van der Waals surface area contributed by atoms with Crippen LogP contribution in [0, 0.1) is 6.92 Å². The Morgan fingerprint density at radius 2 is 1.84 bits per heavy atom. The van der Waals surface area contributed by atoms with Crippen molar-refractivity contribution in [1.29, 1.82) is 0 Å². The van der Waals surface area contributed by atoms with E-state index < -0.39 is 10.0 Å².